The van der Waals surface area contributed by atoms with Gasteiger partial charge in [0.05, 0.1) is 39.9 Å². The molecule has 33 heavy (non-hydrogen) atoms. The number of rotatable bonds is 5. The maximum atomic E-state index is 11.0. The van der Waals surface area contributed by atoms with E-state index in [0.717, 1.165) is 44.0 Å². The Bertz CT molecular complexity index is 1510. The quantitative estimate of drug-likeness (QED) is 0.388. The van der Waals surface area contributed by atoms with E-state index in [1.165, 1.54) is 23.8 Å². The molecule has 5 aromatic rings. The molecule has 0 atom stereocenters. The van der Waals surface area contributed by atoms with Gasteiger partial charge in [0.15, 0.2) is 5.82 Å². The molecule has 0 saturated heterocycles. The Balaban J connectivity index is 1.37. The third-order valence-corrected chi connectivity index (χ3v) is 6.07. The van der Waals surface area contributed by atoms with Gasteiger partial charge in [0.2, 0.25) is 5.91 Å². The number of anilines is 2. The molecule has 7 nitrogen and oxygen atoms in total. The molecule has 0 radical (unpaired) electrons. The SMILES string of the molecule is CC(=O)NCC#Cc1cc2ncnc(Nc3ccc4c(cnn4Cc4ccccc4)c3)c2s1. The van der Waals surface area contributed by atoms with Crippen LogP contribution in [0.5, 0.6) is 0 Å². The number of benzene rings is 2. The van der Waals surface area contributed by atoms with Crippen LogP contribution in [0.4, 0.5) is 11.5 Å². The van der Waals surface area contributed by atoms with Crippen LogP contribution in [0.2, 0.25) is 0 Å². The van der Waals surface area contributed by atoms with Gasteiger partial charge >= 0.3 is 0 Å². The fourth-order valence-corrected chi connectivity index (χ4v) is 4.42. The van der Waals surface area contributed by atoms with Gasteiger partial charge in [0, 0.05) is 18.0 Å². The highest BCUT2D eigenvalue weighted by molar-refractivity contribution is 7.20. The first-order valence-corrected chi connectivity index (χ1v) is 11.2. The van der Waals surface area contributed by atoms with Gasteiger partial charge in [-0.15, -0.1) is 11.3 Å². The number of aromatic nitrogens is 4. The smallest absolute Gasteiger partial charge is 0.217 e. The third-order valence-electron chi connectivity index (χ3n) is 5.03. The number of hydrogen-bond donors (Lipinski definition) is 2. The Labute approximate surface area is 194 Å². The van der Waals surface area contributed by atoms with Crippen LogP contribution >= 0.6 is 11.3 Å². The van der Waals surface area contributed by atoms with E-state index in [1.807, 2.05) is 41.2 Å². The van der Waals surface area contributed by atoms with Crippen molar-refractivity contribution in [3.8, 4) is 11.8 Å². The summed E-state index contributed by atoms with van der Waals surface area (Å²) < 4.78 is 2.93. The number of hydrogen-bond acceptors (Lipinski definition) is 6. The van der Waals surface area contributed by atoms with Crippen LogP contribution in [0.1, 0.15) is 17.4 Å². The first kappa shape index (κ1) is 20.7. The summed E-state index contributed by atoms with van der Waals surface area (Å²) in [5, 5.41) is 11.7. The number of nitrogens with one attached hydrogen (secondary N) is 2. The first-order chi connectivity index (χ1) is 16.2. The Morgan fingerprint density at radius 1 is 1.12 bits per heavy atom. The van der Waals surface area contributed by atoms with E-state index in [0.29, 0.717) is 6.54 Å². The number of carbonyl (C=O) groups is 1. The number of thiophene rings is 1. The second kappa shape index (κ2) is 9.10. The normalized spacial score (nSPS) is 10.7. The van der Waals surface area contributed by atoms with Crippen molar-refractivity contribution >= 4 is 49.9 Å². The fourth-order valence-electron chi connectivity index (χ4n) is 3.49. The monoisotopic (exact) mass is 452 g/mol. The second-order valence-electron chi connectivity index (χ2n) is 7.45. The highest BCUT2D eigenvalue weighted by Crippen LogP contribution is 2.31. The van der Waals surface area contributed by atoms with Crippen LogP contribution in [0.15, 0.2) is 67.1 Å². The predicted octanol–water partition coefficient (Wildman–Crippen LogP) is 4.32. The minimum absolute atomic E-state index is 0.0967. The minimum atomic E-state index is -0.0967. The molecule has 2 aromatic carbocycles. The van der Waals surface area contributed by atoms with Gasteiger partial charge in [-0.3, -0.25) is 9.48 Å². The molecule has 8 heteroatoms. The van der Waals surface area contributed by atoms with Crippen LogP contribution < -0.4 is 10.6 Å². The second-order valence-corrected chi connectivity index (χ2v) is 8.50. The van der Waals surface area contributed by atoms with Crippen molar-refractivity contribution in [2.45, 2.75) is 13.5 Å². The van der Waals surface area contributed by atoms with Crippen molar-refractivity contribution in [3.05, 3.63) is 77.6 Å². The van der Waals surface area contributed by atoms with E-state index in [4.69, 9.17) is 0 Å². The minimum Gasteiger partial charge on any atom is -0.345 e. The van der Waals surface area contributed by atoms with E-state index in [-0.39, 0.29) is 5.91 Å². The molecule has 0 spiro atoms. The summed E-state index contributed by atoms with van der Waals surface area (Å²) in [5.41, 5.74) is 4.04. The third kappa shape index (κ3) is 4.68. The summed E-state index contributed by atoms with van der Waals surface area (Å²) in [4.78, 5) is 20.6. The summed E-state index contributed by atoms with van der Waals surface area (Å²) in [5.74, 6) is 6.66. The predicted molar refractivity (Wildman–Crippen MR) is 132 cm³/mol. The van der Waals surface area contributed by atoms with Gasteiger partial charge in [-0.05, 0) is 29.8 Å². The lowest BCUT2D eigenvalue weighted by molar-refractivity contribution is -0.118. The molecule has 3 heterocycles. The Hall–Kier alpha value is -4.22. The summed E-state index contributed by atoms with van der Waals surface area (Å²) >= 11 is 1.52. The number of carbonyl (C=O) groups excluding carboxylic acids is 1. The van der Waals surface area contributed by atoms with Gasteiger partial charge in [0.25, 0.3) is 0 Å². The molecule has 3 aromatic heterocycles. The van der Waals surface area contributed by atoms with Crippen LogP contribution in [-0.2, 0) is 11.3 Å². The van der Waals surface area contributed by atoms with Gasteiger partial charge in [0.1, 0.15) is 6.33 Å². The van der Waals surface area contributed by atoms with Crippen LogP contribution in [0, 0.1) is 11.8 Å². The number of nitrogens with zero attached hydrogens (tertiary/aromatic N) is 4. The topological polar surface area (TPSA) is 84.7 Å². The van der Waals surface area contributed by atoms with Crippen LogP contribution in [0.3, 0.4) is 0 Å². The van der Waals surface area contributed by atoms with E-state index in [1.54, 1.807) is 6.33 Å². The molecule has 0 aliphatic rings. The standard InChI is InChI=1S/C25H20N6OS/c1-17(32)26-11-5-8-21-13-22-24(33-21)25(28-16-27-22)30-20-9-10-23-19(12-20)14-29-31(23)15-18-6-3-2-4-7-18/h2-4,6-7,9-10,12-14,16H,11,15H2,1H3,(H,26,32)(H,27,28,30). The van der Waals surface area contributed by atoms with Crippen molar-refractivity contribution in [1.29, 1.82) is 0 Å². The van der Waals surface area contributed by atoms with Crippen molar-refractivity contribution in [1.82, 2.24) is 25.1 Å². The molecule has 162 valence electrons. The summed E-state index contributed by atoms with van der Waals surface area (Å²) in [6.07, 6.45) is 3.43. The first-order valence-electron chi connectivity index (χ1n) is 10.4. The molecule has 0 bridgehead atoms. The zero-order valence-corrected chi connectivity index (χ0v) is 18.7. The Kier molecular flexibility index (Phi) is 5.70. The molecule has 2 N–H and O–H groups in total. The van der Waals surface area contributed by atoms with Crippen LogP contribution in [-0.4, -0.2) is 32.2 Å². The van der Waals surface area contributed by atoms with Crippen LogP contribution in [0.25, 0.3) is 21.1 Å². The molecule has 0 aliphatic carbocycles. The Morgan fingerprint density at radius 2 is 2.00 bits per heavy atom. The maximum absolute atomic E-state index is 11.0. The summed E-state index contributed by atoms with van der Waals surface area (Å²) in [7, 11) is 0. The van der Waals surface area contributed by atoms with E-state index >= 15 is 0 Å². The Morgan fingerprint density at radius 3 is 2.85 bits per heavy atom. The van der Waals surface area contributed by atoms with E-state index < -0.39 is 0 Å². The van der Waals surface area contributed by atoms with Crippen molar-refractivity contribution in [2.24, 2.45) is 0 Å². The lowest BCUT2D eigenvalue weighted by Gasteiger charge is -2.07. The molecule has 0 unspecified atom stereocenters. The number of amides is 1. The van der Waals surface area contributed by atoms with Gasteiger partial charge in [-0.25, -0.2) is 9.97 Å². The van der Waals surface area contributed by atoms with Crippen molar-refractivity contribution < 1.29 is 4.79 Å². The molecule has 5 rings (SSSR count). The summed E-state index contributed by atoms with van der Waals surface area (Å²) in [6.45, 7) is 2.52. The molecular formula is C25H20N6OS. The largest absolute Gasteiger partial charge is 0.345 e. The van der Waals surface area contributed by atoms with Gasteiger partial charge in [-0.1, -0.05) is 42.2 Å². The fraction of sp³-hybridized carbons (Fsp3) is 0.120. The molecule has 0 fully saturated rings. The van der Waals surface area contributed by atoms with Gasteiger partial charge < -0.3 is 10.6 Å². The summed E-state index contributed by atoms with van der Waals surface area (Å²) in [6, 6.07) is 18.4. The molecular weight excluding hydrogens is 432 g/mol. The number of fused-ring (bicyclic) bond motifs is 2. The highest BCUT2D eigenvalue weighted by atomic mass is 32.1. The van der Waals surface area contributed by atoms with E-state index in [9.17, 15) is 4.79 Å². The zero-order valence-electron chi connectivity index (χ0n) is 17.9. The van der Waals surface area contributed by atoms with Gasteiger partial charge in [-0.2, -0.15) is 5.10 Å². The zero-order chi connectivity index (χ0) is 22.6. The molecule has 0 aliphatic heterocycles. The molecule has 1 amide bonds. The average Bonchev–Trinajstić information content (AvgIpc) is 3.42. The van der Waals surface area contributed by atoms with E-state index in [2.05, 4.69) is 61.8 Å². The average molecular weight is 453 g/mol. The molecule has 0 saturated carbocycles. The van der Waals surface area contributed by atoms with Crippen molar-refractivity contribution in [2.75, 3.05) is 11.9 Å². The lowest BCUT2D eigenvalue weighted by atomic mass is 10.2. The maximum Gasteiger partial charge on any atom is 0.217 e. The highest BCUT2D eigenvalue weighted by Gasteiger charge is 2.10. The lowest BCUT2D eigenvalue weighted by Crippen LogP contribution is -2.19. The van der Waals surface area contributed by atoms with Crippen molar-refractivity contribution in [3.63, 3.8) is 0 Å².